The van der Waals surface area contributed by atoms with Crippen molar-refractivity contribution < 1.29 is 4.79 Å². The largest absolute Gasteiger partial charge is 0.301 e. The first-order valence-electron chi connectivity index (χ1n) is 5.34. The standard InChI is InChI=1S/C12H11N3O/c16-8-10-11(2-1-5-13-10)15-7-6-14-12(15)9-3-4-9/h1-2,5-9H,3-4H2. The molecule has 0 unspecified atom stereocenters. The number of carbonyl (C=O) groups is 1. The van der Waals surface area contributed by atoms with Crippen LogP contribution in [0.5, 0.6) is 0 Å². The average molecular weight is 213 g/mol. The summed E-state index contributed by atoms with van der Waals surface area (Å²) in [6, 6.07) is 3.73. The summed E-state index contributed by atoms with van der Waals surface area (Å²) in [6.07, 6.45) is 8.45. The number of imidazole rings is 1. The molecule has 2 aromatic rings. The topological polar surface area (TPSA) is 47.8 Å². The summed E-state index contributed by atoms with van der Waals surface area (Å²) in [5, 5.41) is 0. The Kier molecular flexibility index (Phi) is 2.06. The molecule has 3 rings (SSSR count). The van der Waals surface area contributed by atoms with Crippen LogP contribution in [0.25, 0.3) is 5.69 Å². The zero-order valence-corrected chi connectivity index (χ0v) is 8.71. The van der Waals surface area contributed by atoms with Gasteiger partial charge in [-0.05, 0) is 25.0 Å². The van der Waals surface area contributed by atoms with Gasteiger partial charge in [0.05, 0.1) is 5.69 Å². The van der Waals surface area contributed by atoms with E-state index in [1.165, 1.54) is 12.8 Å². The quantitative estimate of drug-likeness (QED) is 0.732. The molecule has 2 aromatic heterocycles. The maximum Gasteiger partial charge on any atom is 0.170 e. The van der Waals surface area contributed by atoms with E-state index < -0.39 is 0 Å². The van der Waals surface area contributed by atoms with Gasteiger partial charge >= 0.3 is 0 Å². The Morgan fingerprint density at radius 3 is 2.94 bits per heavy atom. The Balaban J connectivity index is 2.13. The minimum Gasteiger partial charge on any atom is -0.301 e. The Morgan fingerprint density at radius 2 is 2.19 bits per heavy atom. The van der Waals surface area contributed by atoms with Gasteiger partial charge in [0.1, 0.15) is 11.5 Å². The zero-order valence-electron chi connectivity index (χ0n) is 8.71. The van der Waals surface area contributed by atoms with E-state index in [1.54, 1.807) is 12.4 Å². The first-order valence-corrected chi connectivity index (χ1v) is 5.34. The van der Waals surface area contributed by atoms with Crippen LogP contribution in [0.4, 0.5) is 0 Å². The van der Waals surface area contributed by atoms with Gasteiger partial charge in [-0.1, -0.05) is 0 Å². The molecule has 16 heavy (non-hydrogen) atoms. The molecule has 0 bridgehead atoms. The van der Waals surface area contributed by atoms with Gasteiger partial charge in [-0.2, -0.15) is 0 Å². The lowest BCUT2D eigenvalue weighted by molar-refractivity contribution is 0.111. The third kappa shape index (κ3) is 1.43. The van der Waals surface area contributed by atoms with Crippen molar-refractivity contribution in [2.24, 2.45) is 0 Å². The fraction of sp³-hybridized carbons (Fsp3) is 0.250. The highest BCUT2D eigenvalue weighted by molar-refractivity contribution is 5.77. The summed E-state index contributed by atoms with van der Waals surface area (Å²) in [7, 11) is 0. The van der Waals surface area contributed by atoms with Gasteiger partial charge < -0.3 is 4.57 Å². The number of nitrogens with zero attached hydrogens (tertiary/aromatic N) is 3. The Bertz CT molecular complexity index is 529. The maximum absolute atomic E-state index is 10.9. The summed E-state index contributed by atoms with van der Waals surface area (Å²) in [4.78, 5) is 19.3. The predicted molar refractivity (Wildman–Crippen MR) is 58.7 cm³/mol. The van der Waals surface area contributed by atoms with Gasteiger partial charge in [-0.3, -0.25) is 9.78 Å². The molecule has 1 saturated carbocycles. The number of hydrogen-bond donors (Lipinski definition) is 0. The van der Waals surface area contributed by atoms with Crippen LogP contribution in [0.15, 0.2) is 30.7 Å². The van der Waals surface area contributed by atoms with Crippen molar-refractivity contribution in [1.82, 2.24) is 14.5 Å². The molecule has 0 aliphatic heterocycles. The van der Waals surface area contributed by atoms with Crippen molar-refractivity contribution in [3.05, 3.63) is 42.2 Å². The first-order chi connectivity index (χ1) is 7.90. The van der Waals surface area contributed by atoms with E-state index in [-0.39, 0.29) is 0 Å². The van der Waals surface area contributed by atoms with Gasteiger partial charge in [-0.15, -0.1) is 0 Å². The number of aromatic nitrogens is 3. The van der Waals surface area contributed by atoms with E-state index in [9.17, 15) is 4.79 Å². The summed E-state index contributed by atoms with van der Waals surface area (Å²) in [5.74, 6) is 1.59. The molecule has 0 atom stereocenters. The highest BCUT2D eigenvalue weighted by Crippen LogP contribution is 2.39. The summed E-state index contributed by atoms with van der Waals surface area (Å²) < 4.78 is 1.97. The van der Waals surface area contributed by atoms with Crippen molar-refractivity contribution in [2.45, 2.75) is 18.8 Å². The molecule has 1 fully saturated rings. The lowest BCUT2D eigenvalue weighted by Crippen LogP contribution is -2.03. The van der Waals surface area contributed by atoms with Gasteiger partial charge in [-0.25, -0.2) is 4.98 Å². The van der Waals surface area contributed by atoms with Crippen molar-refractivity contribution in [2.75, 3.05) is 0 Å². The van der Waals surface area contributed by atoms with Crippen molar-refractivity contribution in [3.63, 3.8) is 0 Å². The Morgan fingerprint density at radius 1 is 1.31 bits per heavy atom. The third-order valence-corrected chi connectivity index (χ3v) is 2.80. The number of pyridine rings is 1. The molecule has 1 aliphatic rings. The van der Waals surface area contributed by atoms with Crippen molar-refractivity contribution >= 4 is 6.29 Å². The number of hydrogen-bond acceptors (Lipinski definition) is 3. The van der Waals surface area contributed by atoms with Crippen LogP contribution in [0.2, 0.25) is 0 Å². The highest BCUT2D eigenvalue weighted by atomic mass is 16.1. The highest BCUT2D eigenvalue weighted by Gasteiger charge is 2.28. The first kappa shape index (κ1) is 9.27. The van der Waals surface area contributed by atoms with E-state index in [0.29, 0.717) is 11.6 Å². The molecular weight excluding hydrogens is 202 g/mol. The zero-order chi connectivity index (χ0) is 11.0. The van der Waals surface area contributed by atoms with E-state index >= 15 is 0 Å². The van der Waals surface area contributed by atoms with E-state index in [2.05, 4.69) is 9.97 Å². The molecule has 2 heterocycles. The lowest BCUT2D eigenvalue weighted by atomic mass is 10.3. The van der Waals surface area contributed by atoms with Gasteiger partial charge in [0, 0.05) is 24.5 Å². The summed E-state index contributed by atoms with van der Waals surface area (Å²) in [5.41, 5.74) is 1.28. The smallest absolute Gasteiger partial charge is 0.170 e. The minimum absolute atomic E-state index is 0.461. The molecule has 0 aromatic carbocycles. The van der Waals surface area contributed by atoms with Gasteiger partial charge in [0.2, 0.25) is 0 Å². The molecular formula is C12H11N3O. The fourth-order valence-electron chi connectivity index (χ4n) is 1.87. The van der Waals surface area contributed by atoms with Gasteiger partial charge in [0.25, 0.3) is 0 Å². The molecule has 0 amide bonds. The number of rotatable bonds is 3. The SMILES string of the molecule is O=Cc1ncccc1-n1ccnc1C1CC1. The lowest BCUT2D eigenvalue weighted by Gasteiger charge is -2.08. The molecule has 80 valence electrons. The van der Waals surface area contributed by atoms with Crippen LogP contribution in [-0.2, 0) is 0 Å². The molecule has 0 saturated heterocycles. The Hall–Kier alpha value is -1.97. The second-order valence-electron chi connectivity index (χ2n) is 3.96. The van der Waals surface area contributed by atoms with E-state index in [0.717, 1.165) is 17.8 Å². The number of aldehydes is 1. The normalized spacial score (nSPS) is 15.0. The monoisotopic (exact) mass is 213 g/mol. The summed E-state index contributed by atoms with van der Waals surface area (Å²) >= 11 is 0. The second kappa shape index (κ2) is 3.56. The average Bonchev–Trinajstić information content (AvgIpc) is 3.07. The second-order valence-corrected chi connectivity index (χ2v) is 3.96. The van der Waals surface area contributed by atoms with E-state index in [4.69, 9.17) is 0 Å². The van der Waals surface area contributed by atoms with Crippen molar-refractivity contribution in [1.29, 1.82) is 0 Å². The molecule has 0 radical (unpaired) electrons. The third-order valence-electron chi connectivity index (χ3n) is 2.80. The van der Waals surface area contributed by atoms with Crippen LogP contribution < -0.4 is 0 Å². The fourth-order valence-corrected chi connectivity index (χ4v) is 1.87. The van der Waals surface area contributed by atoms with Gasteiger partial charge in [0.15, 0.2) is 6.29 Å². The molecule has 4 nitrogen and oxygen atoms in total. The Labute approximate surface area is 93.0 Å². The van der Waals surface area contributed by atoms with Crippen molar-refractivity contribution in [3.8, 4) is 5.69 Å². The molecule has 0 spiro atoms. The minimum atomic E-state index is 0.461. The van der Waals surface area contributed by atoms with Crippen LogP contribution in [0.1, 0.15) is 35.1 Å². The molecule has 1 aliphatic carbocycles. The maximum atomic E-state index is 10.9. The van der Waals surface area contributed by atoms with Crippen LogP contribution >= 0.6 is 0 Å². The molecule has 0 N–H and O–H groups in total. The summed E-state index contributed by atoms with van der Waals surface area (Å²) in [6.45, 7) is 0. The molecule has 4 heteroatoms. The van der Waals surface area contributed by atoms with E-state index in [1.807, 2.05) is 22.9 Å². The van der Waals surface area contributed by atoms with Crippen LogP contribution in [0, 0.1) is 0 Å². The van der Waals surface area contributed by atoms with Crippen LogP contribution in [-0.4, -0.2) is 20.8 Å². The van der Waals surface area contributed by atoms with Crippen LogP contribution in [0.3, 0.4) is 0 Å². The predicted octanol–water partition coefficient (Wildman–Crippen LogP) is 1.96. The number of carbonyl (C=O) groups excluding carboxylic acids is 1.